The molecule has 0 aliphatic rings. The highest BCUT2D eigenvalue weighted by atomic mass is 79.9. The summed E-state index contributed by atoms with van der Waals surface area (Å²) in [7, 11) is 0. The first-order valence-corrected chi connectivity index (χ1v) is 5.80. The van der Waals surface area contributed by atoms with Crippen molar-refractivity contribution >= 4 is 39.5 Å². The Hall–Kier alpha value is -0.540. The number of aryl methyl sites for hydroxylation is 1. The maximum atomic E-state index is 4.50. The van der Waals surface area contributed by atoms with Crippen LogP contribution in [0.4, 0.5) is 0 Å². The van der Waals surface area contributed by atoms with E-state index in [4.69, 9.17) is 0 Å². The number of pyridine rings is 1. The number of rotatable bonds is 1. The predicted molar refractivity (Wildman–Crippen MR) is 66.9 cm³/mol. The molecule has 0 amide bonds. The number of halogens is 1. The second kappa shape index (κ2) is 3.91. The van der Waals surface area contributed by atoms with Gasteiger partial charge in [0.05, 0.1) is 5.52 Å². The number of hydrogen-bond donors (Lipinski definition) is 1. The van der Waals surface area contributed by atoms with Crippen molar-refractivity contribution in [3.63, 3.8) is 0 Å². The number of fused-ring (bicyclic) bond motifs is 1. The molecule has 0 aliphatic carbocycles. The first-order chi connectivity index (χ1) is 6.72. The second-order valence-electron chi connectivity index (χ2n) is 3.22. The fraction of sp³-hybridized carbons (Fsp3) is 0.182. The van der Waals surface area contributed by atoms with Gasteiger partial charge < -0.3 is 0 Å². The van der Waals surface area contributed by atoms with Crippen LogP contribution in [0.1, 0.15) is 11.3 Å². The lowest BCUT2D eigenvalue weighted by atomic mass is 10.1. The van der Waals surface area contributed by atoms with E-state index in [0.717, 1.165) is 21.4 Å². The molecule has 1 aromatic heterocycles. The summed E-state index contributed by atoms with van der Waals surface area (Å²) in [6.45, 7) is 2.01. The van der Waals surface area contributed by atoms with E-state index in [-0.39, 0.29) is 0 Å². The fourth-order valence-electron chi connectivity index (χ4n) is 1.56. The molecule has 3 heteroatoms. The minimum atomic E-state index is 0.746. The van der Waals surface area contributed by atoms with E-state index in [1.165, 1.54) is 10.9 Å². The Kier molecular flexibility index (Phi) is 2.79. The molecule has 1 nitrogen and oxygen atoms in total. The Balaban J connectivity index is 2.87. The third-order valence-corrected chi connectivity index (χ3v) is 3.15. The molecule has 0 atom stereocenters. The first kappa shape index (κ1) is 9.99. The molecule has 1 aromatic carbocycles. The molecule has 0 saturated carbocycles. The monoisotopic (exact) mass is 267 g/mol. The van der Waals surface area contributed by atoms with Crippen molar-refractivity contribution < 1.29 is 0 Å². The average molecular weight is 268 g/mol. The predicted octanol–water partition coefficient (Wildman–Crippen LogP) is 3.74. The molecular formula is C11H10BrNS. The van der Waals surface area contributed by atoms with Gasteiger partial charge in [0.2, 0.25) is 0 Å². The van der Waals surface area contributed by atoms with Crippen LogP contribution < -0.4 is 0 Å². The van der Waals surface area contributed by atoms with Crippen LogP contribution in [0.15, 0.2) is 28.7 Å². The molecule has 0 aliphatic heterocycles. The van der Waals surface area contributed by atoms with Gasteiger partial charge >= 0.3 is 0 Å². The van der Waals surface area contributed by atoms with Crippen LogP contribution in [0.5, 0.6) is 0 Å². The summed E-state index contributed by atoms with van der Waals surface area (Å²) in [5, 5.41) is 1.18. The van der Waals surface area contributed by atoms with E-state index in [2.05, 4.69) is 45.7 Å². The van der Waals surface area contributed by atoms with Gasteiger partial charge in [-0.1, -0.05) is 12.1 Å². The molecule has 0 radical (unpaired) electrons. The number of nitrogens with zero attached hydrogens (tertiary/aromatic N) is 1. The van der Waals surface area contributed by atoms with Crippen molar-refractivity contribution in [2.75, 3.05) is 0 Å². The van der Waals surface area contributed by atoms with E-state index in [1.54, 1.807) is 0 Å². The molecule has 0 bridgehead atoms. The van der Waals surface area contributed by atoms with Crippen LogP contribution in [0.3, 0.4) is 0 Å². The van der Waals surface area contributed by atoms with Crippen molar-refractivity contribution in [1.29, 1.82) is 0 Å². The summed E-state index contributed by atoms with van der Waals surface area (Å²) in [5.41, 5.74) is 3.29. The number of hydrogen-bond acceptors (Lipinski definition) is 2. The summed E-state index contributed by atoms with van der Waals surface area (Å²) in [6, 6.07) is 8.20. The summed E-state index contributed by atoms with van der Waals surface area (Å²) in [5.74, 6) is 0.746. The average Bonchev–Trinajstić information content (AvgIpc) is 2.18. The van der Waals surface area contributed by atoms with Crippen LogP contribution in [-0.2, 0) is 5.75 Å². The van der Waals surface area contributed by atoms with Crippen molar-refractivity contribution in [3.8, 4) is 0 Å². The molecule has 72 valence electrons. The van der Waals surface area contributed by atoms with Crippen molar-refractivity contribution in [2.24, 2.45) is 0 Å². The number of para-hydroxylation sites is 1. The van der Waals surface area contributed by atoms with Gasteiger partial charge in [-0.3, -0.25) is 4.98 Å². The van der Waals surface area contributed by atoms with Crippen LogP contribution in [0.2, 0.25) is 0 Å². The molecule has 0 unspecified atom stereocenters. The number of aromatic nitrogens is 1. The van der Waals surface area contributed by atoms with Gasteiger partial charge in [0.15, 0.2) is 0 Å². The van der Waals surface area contributed by atoms with Gasteiger partial charge in [-0.15, -0.1) is 0 Å². The molecule has 1 heterocycles. The van der Waals surface area contributed by atoms with E-state index in [9.17, 15) is 0 Å². The summed E-state index contributed by atoms with van der Waals surface area (Å²) in [4.78, 5) is 4.50. The lowest BCUT2D eigenvalue weighted by Crippen LogP contribution is -1.90. The Labute approximate surface area is 97.1 Å². The fourth-order valence-corrected chi connectivity index (χ4v) is 2.27. The van der Waals surface area contributed by atoms with Gasteiger partial charge in [-0.2, -0.15) is 12.6 Å². The van der Waals surface area contributed by atoms with Gasteiger partial charge in [0, 0.05) is 21.3 Å². The first-order valence-electron chi connectivity index (χ1n) is 4.38. The highest BCUT2D eigenvalue weighted by molar-refractivity contribution is 9.10. The maximum Gasteiger partial charge on any atom is 0.0850 e. The summed E-state index contributed by atoms with van der Waals surface area (Å²) >= 11 is 7.83. The van der Waals surface area contributed by atoms with Gasteiger partial charge in [-0.05, 0) is 40.5 Å². The zero-order valence-corrected chi connectivity index (χ0v) is 10.3. The number of benzene rings is 1. The molecular weight excluding hydrogens is 258 g/mol. The van der Waals surface area contributed by atoms with E-state index < -0.39 is 0 Å². The molecule has 0 spiro atoms. The van der Waals surface area contributed by atoms with E-state index in [1.807, 2.05) is 19.1 Å². The van der Waals surface area contributed by atoms with Crippen LogP contribution in [0, 0.1) is 6.92 Å². The maximum absolute atomic E-state index is 4.50. The van der Waals surface area contributed by atoms with E-state index in [0.29, 0.717) is 0 Å². The Morgan fingerprint density at radius 3 is 2.93 bits per heavy atom. The van der Waals surface area contributed by atoms with Crippen LogP contribution in [-0.4, -0.2) is 4.98 Å². The largest absolute Gasteiger partial charge is 0.252 e. The molecule has 0 saturated heterocycles. The molecule has 2 rings (SSSR count). The molecule has 0 fully saturated rings. The SMILES string of the molecule is Cc1cc(CS)c2cccc(Br)c2n1. The van der Waals surface area contributed by atoms with Gasteiger partial charge in [0.1, 0.15) is 0 Å². The molecule has 0 N–H and O–H groups in total. The highest BCUT2D eigenvalue weighted by Gasteiger charge is 2.04. The van der Waals surface area contributed by atoms with E-state index >= 15 is 0 Å². The quantitative estimate of drug-likeness (QED) is 0.777. The van der Waals surface area contributed by atoms with Gasteiger partial charge in [-0.25, -0.2) is 0 Å². The van der Waals surface area contributed by atoms with Crippen LogP contribution in [0.25, 0.3) is 10.9 Å². The standard InChI is InChI=1S/C11H10BrNS/c1-7-5-8(6-14)9-3-2-4-10(12)11(9)13-7/h2-5,14H,6H2,1H3. The minimum absolute atomic E-state index is 0.746. The highest BCUT2D eigenvalue weighted by Crippen LogP contribution is 2.26. The molecule has 14 heavy (non-hydrogen) atoms. The third-order valence-electron chi connectivity index (χ3n) is 2.17. The van der Waals surface area contributed by atoms with Crippen molar-refractivity contribution in [2.45, 2.75) is 12.7 Å². The Morgan fingerprint density at radius 2 is 2.21 bits per heavy atom. The van der Waals surface area contributed by atoms with Crippen molar-refractivity contribution in [1.82, 2.24) is 4.98 Å². The third kappa shape index (κ3) is 1.66. The summed E-state index contributed by atoms with van der Waals surface area (Å²) < 4.78 is 1.04. The second-order valence-corrected chi connectivity index (χ2v) is 4.39. The lowest BCUT2D eigenvalue weighted by molar-refractivity contribution is 1.22. The zero-order valence-electron chi connectivity index (χ0n) is 7.79. The van der Waals surface area contributed by atoms with Crippen molar-refractivity contribution in [3.05, 3.63) is 40.0 Å². The minimum Gasteiger partial charge on any atom is -0.252 e. The van der Waals surface area contributed by atoms with Crippen LogP contribution >= 0.6 is 28.6 Å². The Morgan fingerprint density at radius 1 is 1.43 bits per heavy atom. The summed E-state index contributed by atoms with van der Waals surface area (Å²) in [6.07, 6.45) is 0. The normalized spacial score (nSPS) is 10.8. The topological polar surface area (TPSA) is 12.9 Å². The zero-order chi connectivity index (χ0) is 10.1. The lowest BCUT2D eigenvalue weighted by Gasteiger charge is -2.06. The molecule has 2 aromatic rings. The van der Waals surface area contributed by atoms with Gasteiger partial charge in [0.25, 0.3) is 0 Å². The Bertz CT molecular complexity index is 482. The number of thiol groups is 1. The smallest absolute Gasteiger partial charge is 0.0850 e.